The molecule has 0 bridgehead atoms. The number of hydrogen-bond donors (Lipinski definition) is 1. The Morgan fingerprint density at radius 3 is 2.57 bits per heavy atom. The Balaban J connectivity index is 2.34. The average molecular weight is 309 g/mol. The molecule has 116 valence electrons. The highest BCUT2D eigenvalue weighted by molar-refractivity contribution is 6.11. The van der Waals surface area contributed by atoms with Crippen molar-refractivity contribution in [3.63, 3.8) is 0 Å². The van der Waals surface area contributed by atoms with Crippen molar-refractivity contribution in [2.45, 2.75) is 6.92 Å². The van der Waals surface area contributed by atoms with E-state index in [4.69, 9.17) is 4.42 Å². The monoisotopic (exact) mass is 309 g/mol. The van der Waals surface area contributed by atoms with Gasteiger partial charge in [0.1, 0.15) is 17.2 Å². The van der Waals surface area contributed by atoms with Gasteiger partial charge in [0.2, 0.25) is 0 Å². The lowest BCUT2D eigenvalue weighted by Gasteiger charge is -2.03. The molecule has 1 N–H and O–H groups in total. The van der Waals surface area contributed by atoms with Crippen molar-refractivity contribution < 1.29 is 13.6 Å². The van der Waals surface area contributed by atoms with Crippen LogP contribution in [0.15, 0.2) is 47.4 Å². The summed E-state index contributed by atoms with van der Waals surface area (Å²) in [5.41, 5.74) is 3.66. The summed E-state index contributed by atoms with van der Waals surface area (Å²) in [6.07, 6.45) is 1.74. The first-order valence-electron chi connectivity index (χ1n) is 7.22. The zero-order valence-corrected chi connectivity index (χ0v) is 12.9. The molecule has 0 radical (unpaired) electrons. The maximum Gasteiger partial charge on any atom is 0.255 e. The number of amides is 1. The van der Waals surface area contributed by atoms with Gasteiger partial charge < -0.3 is 9.73 Å². The smallest absolute Gasteiger partial charge is 0.255 e. The summed E-state index contributed by atoms with van der Waals surface area (Å²) in [4.78, 5) is 12.4. The van der Waals surface area contributed by atoms with E-state index in [-0.39, 0.29) is 11.7 Å². The van der Waals surface area contributed by atoms with E-state index in [2.05, 4.69) is 11.9 Å². The minimum atomic E-state index is -0.337. The largest absolute Gasteiger partial charge is 0.455 e. The van der Waals surface area contributed by atoms with Gasteiger partial charge in [0.25, 0.3) is 5.91 Å². The van der Waals surface area contributed by atoms with Crippen molar-refractivity contribution in [1.82, 2.24) is 5.32 Å². The number of hydrogen-bond acceptors (Lipinski definition) is 2. The molecule has 0 unspecified atom stereocenters. The Morgan fingerprint density at radius 1 is 1.26 bits per heavy atom. The van der Waals surface area contributed by atoms with Gasteiger partial charge in [-0.15, -0.1) is 0 Å². The lowest BCUT2D eigenvalue weighted by molar-refractivity contribution is 0.0964. The Hall–Kier alpha value is -2.88. The minimum Gasteiger partial charge on any atom is -0.455 e. The third kappa shape index (κ3) is 2.52. The number of rotatable bonds is 3. The van der Waals surface area contributed by atoms with E-state index in [1.807, 2.05) is 19.1 Å². The van der Waals surface area contributed by atoms with Gasteiger partial charge in [0, 0.05) is 18.0 Å². The number of benzene rings is 2. The first-order chi connectivity index (χ1) is 11.0. The maximum absolute atomic E-state index is 13.2. The molecule has 23 heavy (non-hydrogen) atoms. The van der Waals surface area contributed by atoms with Crippen molar-refractivity contribution in [2.24, 2.45) is 0 Å². The van der Waals surface area contributed by atoms with Crippen LogP contribution in [0.5, 0.6) is 0 Å². The van der Waals surface area contributed by atoms with Gasteiger partial charge in [-0.3, -0.25) is 4.79 Å². The van der Waals surface area contributed by atoms with Crippen LogP contribution in [0.2, 0.25) is 0 Å². The van der Waals surface area contributed by atoms with Crippen LogP contribution in [0.3, 0.4) is 0 Å². The summed E-state index contributed by atoms with van der Waals surface area (Å²) in [6, 6.07) is 9.65. The van der Waals surface area contributed by atoms with E-state index in [1.165, 1.54) is 12.1 Å². The Labute approximate surface area is 133 Å². The van der Waals surface area contributed by atoms with Gasteiger partial charge in [-0.1, -0.05) is 12.7 Å². The Bertz CT molecular complexity index is 907. The quantitative estimate of drug-likeness (QED) is 0.771. The first kappa shape index (κ1) is 15.0. The first-order valence-corrected chi connectivity index (χ1v) is 7.22. The third-order valence-corrected chi connectivity index (χ3v) is 3.86. The summed E-state index contributed by atoms with van der Waals surface area (Å²) in [5, 5.41) is 3.35. The summed E-state index contributed by atoms with van der Waals surface area (Å²) >= 11 is 0. The molecule has 0 aliphatic carbocycles. The van der Waals surface area contributed by atoms with E-state index in [9.17, 15) is 9.18 Å². The number of halogens is 1. The van der Waals surface area contributed by atoms with Gasteiger partial charge in [0.05, 0.1) is 5.56 Å². The molecule has 1 aromatic heterocycles. The zero-order valence-electron chi connectivity index (χ0n) is 12.9. The fourth-order valence-corrected chi connectivity index (χ4v) is 2.64. The molecule has 0 saturated carbocycles. The Morgan fingerprint density at radius 2 is 1.96 bits per heavy atom. The van der Waals surface area contributed by atoms with E-state index >= 15 is 0 Å². The molecule has 4 heteroatoms. The van der Waals surface area contributed by atoms with E-state index in [0.29, 0.717) is 27.9 Å². The number of fused-ring (bicyclic) bond motifs is 1. The summed E-state index contributed by atoms with van der Waals surface area (Å²) in [7, 11) is 1.57. The SMILES string of the molecule is C=Cc1cc2c(C(=O)NC)c(-c3ccc(F)cc3)oc2cc1C. The molecule has 3 rings (SSSR count). The zero-order chi connectivity index (χ0) is 16.6. The average Bonchev–Trinajstić information content (AvgIpc) is 2.92. The second-order valence-corrected chi connectivity index (χ2v) is 5.30. The standard InChI is InChI=1S/C19H16FNO2/c1-4-12-10-15-16(9-11(12)2)23-18(17(15)19(22)21-3)13-5-7-14(20)8-6-13/h4-10H,1H2,2-3H3,(H,21,22). The molecular formula is C19H16FNO2. The third-order valence-electron chi connectivity index (χ3n) is 3.86. The van der Waals surface area contributed by atoms with E-state index in [0.717, 1.165) is 11.1 Å². The van der Waals surface area contributed by atoms with Crippen LogP contribution in [-0.4, -0.2) is 13.0 Å². The predicted molar refractivity (Wildman–Crippen MR) is 89.8 cm³/mol. The second-order valence-electron chi connectivity index (χ2n) is 5.30. The van der Waals surface area contributed by atoms with Gasteiger partial charge in [-0.25, -0.2) is 4.39 Å². The molecule has 1 amide bonds. The minimum absolute atomic E-state index is 0.248. The number of furan rings is 1. The molecule has 0 aliphatic rings. The van der Waals surface area contributed by atoms with Gasteiger partial charge in [0.15, 0.2) is 0 Å². The molecule has 0 saturated heterocycles. The summed E-state index contributed by atoms with van der Waals surface area (Å²) in [5.74, 6) is -0.155. The summed E-state index contributed by atoms with van der Waals surface area (Å²) in [6.45, 7) is 5.75. The highest BCUT2D eigenvalue weighted by atomic mass is 19.1. The van der Waals surface area contributed by atoms with Crippen LogP contribution in [0, 0.1) is 12.7 Å². The molecule has 0 atom stereocenters. The second kappa shape index (κ2) is 5.72. The topological polar surface area (TPSA) is 42.2 Å². The number of carbonyl (C=O) groups excluding carboxylic acids is 1. The van der Waals surface area contributed by atoms with Crippen molar-refractivity contribution in [3.05, 3.63) is 65.5 Å². The molecule has 0 spiro atoms. The molecular weight excluding hydrogens is 293 g/mol. The molecule has 2 aromatic carbocycles. The molecule has 1 heterocycles. The fourth-order valence-electron chi connectivity index (χ4n) is 2.64. The number of carbonyl (C=O) groups is 1. The van der Waals surface area contributed by atoms with Crippen molar-refractivity contribution in [2.75, 3.05) is 7.05 Å². The summed E-state index contributed by atoms with van der Waals surface area (Å²) < 4.78 is 19.1. The van der Waals surface area contributed by atoms with E-state index < -0.39 is 0 Å². The maximum atomic E-state index is 13.2. The van der Waals surface area contributed by atoms with Gasteiger partial charge in [-0.2, -0.15) is 0 Å². The van der Waals surface area contributed by atoms with Crippen LogP contribution < -0.4 is 5.32 Å². The van der Waals surface area contributed by atoms with Crippen molar-refractivity contribution in [1.29, 1.82) is 0 Å². The van der Waals surface area contributed by atoms with Crippen LogP contribution >= 0.6 is 0 Å². The highest BCUT2D eigenvalue weighted by Gasteiger charge is 2.22. The van der Waals surface area contributed by atoms with Crippen molar-refractivity contribution in [3.8, 4) is 11.3 Å². The predicted octanol–water partition coefficient (Wildman–Crippen LogP) is 4.55. The Kier molecular flexibility index (Phi) is 3.74. The lowest BCUT2D eigenvalue weighted by Crippen LogP contribution is -2.18. The fraction of sp³-hybridized carbons (Fsp3) is 0.105. The molecule has 0 aliphatic heterocycles. The van der Waals surface area contributed by atoms with Crippen LogP contribution in [0.25, 0.3) is 28.4 Å². The van der Waals surface area contributed by atoms with E-state index in [1.54, 1.807) is 25.3 Å². The lowest BCUT2D eigenvalue weighted by atomic mass is 10.0. The molecule has 3 aromatic rings. The number of nitrogens with one attached hydrogen (secondary N) is 1. The van der Waals surface area contributed by atoms with Crippen LogP contribution in [0.4, 0.5) is 4.39 Å². The van der Waals surface area contributed by atoms with Gasteiger partial charge in [-0.05, 0) is 54.4 Å². The van der Waals surface area contributed by atoms with Crippen molar-refractivity contribution >= 4 is 23.0 Å². The number of aryl methyl sites for hydroxylation is 1. The normalized spacial score (nSPS) is 10.7. The highest BCUT2D eigenvalue weighted by Crippen LogP contribution is 2.35. The molecule has 3 nitrogen and oxygen atoms in total. The molecule has 0 fully saturated rings. The van der Waals surface area contributed by atoms with Gasteiger partial charge >= 0.3 is 0 Å². The van der Waals surface area contributed by atoms with Crippen LogP contribution in [-0.2, 0) is 0 Å². The van der Waals surface area contributed by atoms with Crippen LogP contribution in [0.1, 0.15) is 21.5 Å².